The second-order valence-electron chi connectivity index (χ2n) is 3.69. The third kappa shape index (κ3) is 1.55. The molecule has 2 rings (SSSR count). The fraction of sp³-hybridized carbons (Fsp3) is 0.273. The number of esters is 1. The second-order valence-corrected chi connectivity index (χ2v) is 4.09. The lowest BCUT2D eigenvalue weighted by molar-refractivity contribution is 0.0297. The van der Waals surface area contributed by atoms with Crippen molar-refractivity contribution in [3.63, 3.8) is 0 Å². The van der Waals surface area contributed by atoms with E-state index < -0.39 is 5.97 Å². The minimum absolute atomic E-state index is 0.00440. The van der Waals surface area contributed by atoms with Crippen molar-refractivity contribution in [2.24, 2.45) is 0 Å². The van der Waals surface area contributed by atoms with Gasteiger partial charge >= 0.3 is 5.97 Å². The number of hydrogen-bond donors (Lipinski definition) is 1. The molecular formula is C11H9ClO4. The predicted molar refractivity (Wildman–Crippen MR) is 57.1 cm³/mol. The Labute approximate surface area is 96.8 Å². The molecule has 84 valence electrons. The lowest BCUT2D eigenvalue weighted by Crippen LogP contribution is -2.25. The number of aromatic hydroxyl groups is 1. The van der Waals surface area contributed by atoms with Crippen LogP contribution in [-0.4, -0.2) is 23.5 Å². The summed E-state index contributed by atoms with van der Waals surface area (Å²) in [6, 6.07) is 1.36. The van der Waals surface area contributed by atoms with Gasteiger partial charge in [0.2, 0.25) is 0 Å². The van der Waals surface area contributed by atoms with E-state index in [-0.39, 0.29) is 23.0 Å². The van der Waals surface area contributed by atoms with Crippen molar-refractivity contribution < 1.29 is 19.4 Å². The van der Waals surface area contributed by atoms with Gasteiger partial charge in [0.1, 0.15) is 17.4 Å². The Kier molecular flexibility index (Phi) is 2.59. The highest BCUT2D eigenvalue weighted by molar-refractivity contribution is 6.32. The van der Waals surface area contributed by atoms with Crippen molar-refractivity contribution in [2.75, 3.05) is 0 Å². The molecule has 0 unspecified atom stereocenters. The van der Waals surface area contributed by atoms with Gasteiger partial charge < -0.3 is 9.84 Å². The topological polar surface area (TPSA) is 63.6 Å². The van der Waals surface area contributed by atoms with Crippen molar-refractivity contribution in [3.05, 3.63) is 27.8 Å². The average Bonchev–Trinajstić information content (AvgIpc) is 2.22. The van der Waals surface area contributed by atoms with Crippen LogP contribution in [0.15, 0.2) is 6.07 Å². The van der Waals surface area contributed by atoms with Crippen LogP contribution in [0.1, 0.15) is 33.2 Å². The highest BCUT2D eigenvalue weighted by Gasteiger charge is 2.30. The molecule has 4 nitrogen and oxygen atoms in total. The molecule has 0 spiro atoms. The summed E-state index contributed by atoms with van der Waals surface area (Å²) in [5.41, 5.74) is 0.538. The van der Waals surface area contributed by atoms with Crippen molar-refractivity contribution in [1.82, 2.24) is 0 Å². The summed E-state index contributed by atoms with van der Waals surface area (Å²) in [5.74, 6) is -0.997. The SMILES string of the molecule is C[C@@H]1Cc2c(Cl)cc(C=O)c(O)c2C(=O)O1. The van der Waals surface area contributed by atoms with E-state index in [1.165, 1.54) is 6.07 Å². The highest BCUT2D eigenvalue weighted by atomic mass is 35.5. The number of halogens is 1. The normalized spacial score (nSPS) is 18.9. The number of rotatable bonds is 1. The first-order valence-corrected chi connectivity index (χ1v) is 5.13. The Morgan fingerprint density at radius 1 is 1.62 bits per heavy atom. The number of phenolic OH excluding ortho intramolecular Hbond substituents is 1. The van der Waals surface area contributed by atoms with Crippen LogP contribution in [0.4, 0.5) is 0 Å². The first-order valence-electron chi connectivity index (χ1n) is 4.75. The average molecular weight is 241 g/mol. The first-order chi connectivity index (χ1) is 7.54. The zero-order valence-corrected chi connectivity index (χ0v) is 9.25. The van der Waals surface area contributed by atoms with Gasteiger partial charge in [-0.3, -0.25) is 4.79 Å². The van der Waals surface area contributed by atoms with Crippen LogP contribution in [0.25, 0.3) is 0 Å². The van der Waals surface area contributed by atoms with E-state index in [9.17, 15) is 14.7 Å². The van der Waals surface area contributed by atoms with E-state index >= 15 is 0 Å². The van der Waals surface area contributed by atoms with Gasteiger partial charge in [-0.1, -0.05) is 11.6 Å². The number of hydrogen-bond acceptors (Lipinski definition) is 4. The van der Waals surface area contributed by atoms with E-state index in [1.54, 1.807) is 6.92 Å². The van der Waals surface area contributed by atoms with Crippen LogP contribution in [0.5, 0.6) is 5.75 Å². The smallest absolute Gasteiger partial charge is 0.342 e. The van der Waals surface area contributed by atoms with Gasteiger partial charge in [-0.15, -0.1) is 0 Å². The summed E-state index contributed by atoms with van der Waals surface area (Å²) < 4.78 is 4.97. The standard InChI is InChI=1S/C11H9ClO4/c1-5-2-7-8(12)3-6(4-13)10(14)9(7)11(15)16-5/h3-5,14H,2H2,1H3/t5-/m1/s1. The number of carbonyl (C=O) groups excluding carboxylic acids is 2. The van der Waals surface area contributed by atoms with Crippen LogP contribution in [-0.2, 0) is 11.2 Å². The lowest BCUT2D eigenvalue weighted by atomic mass is 9.96. The molecule has 0 radical (unpaired) electrons. The first kappa shape index (κ1) is 11.0. The fourth-order valence-electron chi connectivity index (χ4n) is 1.78. The zero-order chi connectivity index (χ0) is 11.9. The van der Waals surface area contributed by atoms with E-state index in [0.29, 0.717) is 23.3 Å². The molecule has 1 aromatic carbocycles. The van der Waals surface area contributed by atoms with E-state index in [0.717, 1.165) is 0 Å². The summed E-state index contributed by atoms with van der Waals surface area (Å²) in [6.07, 6.45) is 0.610. The molecular weight excluding hydrogens is 232 g/mol. The van der Waals surface area contributed by atoms with Crippen molar-refractivity contribution in [1.29, 1.82) is 0 Å². The third-order valence-electron chi connectivity index (χ3n) is 2.51. The molecule has 0 saturated heterocycles. The van der Waals surface area contributed by atoms with Gasteiger partial charge in [0.25, 0.3) is 0 Å². The molecule has 0 aromatic heterocycles. The third-order valence-corrected chi connectivity index (χ3v) is 2.85. The number of fused-ring (bicyclic) bond motifs is 1. The van der Waals surface area contributed by atoms with E-state index in [2.05, 4.69) is 0 Å². The Hall–Kier alpha value is -1.55. The molecule has 0 saturated carbocycles. The monoisotopic (exact) mass is 240 g/mol. The number of aldehydes is 1. The molecule has 1 aromatic rings. The summed E-state index contributed by atoms with van der Waals surface area (Å²) in [4.78, 5) is 22.2. The summed E-state index contributed by atoms with van der Waals surface area (Å²) in [6.45, 7) is 1.74. The molecule has 1 atom stereocenters. The summed E-state index contributed by atoms with van der Waals surface area (Å²) in [7, 11) is 0. The van der Waals surface area contributed by atoms with Crippen LogP contribution >= 0.6 is 11.6 Å². The van der Waals surface area contributed by atoms with E-state index in [1.807, 2.05) is 0 Å². The number of phenols is 1. The molecule has 0 bridgehead atoms. The van der Waals surface area contributed by atoms with Gasteiger partial charge in [-0.2, -0.15) is 0 Å². The van der Waals surface area contributed by atoms with Gasteiger partial charge in [-0.05, 0) is 18.6 Å². The minimum atomic E-state index is -0.642. The van der Waals surface area contributed by atoms with Gasteiger partial charge in [-0.25, -0.2) is 4.79 Å². The van der Waals surface area contributed by atoms with Crippen molar-refractivity contribution in [2.45, 2.75) is 19.4 Å². The van der Waals surface area contributed by atoms with Crippen LogP contribution in [0, 0.1) is 0 Å². The zero-order valence-electron chi connectivity index (χ0n) is 8.49. The number of carbonyl (C=O) groups is 2. The molecule has 0 amide bonds. The number of benzene rings is 1. The van der Waals surface area contributed by atoms with Gasteiger partial charge in [0.05, 0.1) is 5.56 Å². The largest absolute Gasteiger partial charge is 0.506 e. The number of cyclic esters (lactones) is 1. The van der Waals surface area contributed by atoms with Gasteiger partial charge in [0.15, 0.2) is 6.29 Å². The van der Waals surface area contributed by atoms with Crippen molar-refractivity contribution >= 4 is 23.9 Å². The Morgan fingerprint density at radius 2 is 2.31 bits per heavy atom. The maximum atomic E-state index is 11.6. The Balaban J connectivity index is 2.71. The predicted octanol–water partition coefficient (Wildman–Crippen LogP) is 1.96. The van der Waals surface area contributed by atoms with Crippen molar-refractivity contribution in [3.8, 4) is 5.75 Å². The minimum Gasteiger partial charge on any atom is -0.506 e. The summed E-state index contributed by atoms with van der Waals surface area (Å²) in [5, 5.41) is 10.0. The maximum Gasteiger partial charge on any atom is 0.342 e. The van der Waals surface area contributed by atoms with E-state index in [4.69, 9.17) is 16.3 Å². The molecule has 0 aliphatic carbocycles. The molecule has 0 fully saturated rings. The van der Waals surface area contributed by atoms with Crippen LogP contribution in [0.3, 0.4) is 0 Å². The molecule has 1 heterocycles. The summed E-state index contributed by atoms with van der Waals surface area (Å²) >= 11 is 5.95. The maximum absolute atomic E-state index is 11.6. The van der Waals surface area contributed by atoms with Gasteiger partial charge in [0, 0.05) is 11.4 Å². The molecule has 1 aliphatic rings. The lowest BCUT2D eigenvalue weighted by Gasteiger charge is -2.23. The molecule has 16 heavy (non-hydrogen) atoms. The fourth-order valence-corrected chi connectivity index (χ4v) is 2.07. The molecule has 1 N–H and O–H groups in total. The molecule has 1 aliphatic heterocycles. The van der Waals surface area contributed by atoms with Crippen LogP contribution < -0.4 is 0 Å². The quantitative estimate of drug-likeness (QED) is 0.602. The number of ether oxygens (including phenoxy) is 1. The molecule has 5 heteroatoms. The van der Waals surface area contributed by atoms with Crippen LogP contribution in [0.2, 0.25) is 5.02 Å². The Bertz CT molecular complexity index is 481. The highest BCUT2D eigenvalue weighted by Crippen LogP contribution is 2.35. The second kappa shape index (κ2) is 3.79. The Morgan fingerprint density at radius 3 is 2.94 bits per heavy atom.